The van der Waals surface area contributed by atoms with Crippen LogP contribution in [-0.4, -0.2) is 20.4 Å². The average molecular weight is 382 g/mol. The first-order chi connectivity index (χ1) is 13.1. The van der Waals surface area contributed by atoms with Crippen LogP contribution in [0.15, 0.2) is 35.4 Å². The Hall–Kier alpha value is -2.54. The number of carbonyl (C=O) groups is 1. The van der Waals surface area contributed by atoms with Crippen molar-refractivity contribution in [3.63, 3.8) is 0 Å². The third-order valence-corrected chi connectivity index (χ3v) is 6.26. The number of rotatable bonds is 5. The van der Waals surface area contributed by atoms with E-state index in [1.807, 2.05) is 25.1 Å². The van der Waals surface area contributed by atoms with Crippen LogP contribution in [-0.2, 0) is 24.2 Å². The maximum absolute atomic E-state index is 12.5. The van der Waals surface area contributed by atoms with Crippen molar-refractivity contribution >= 4 is 28.1 Å². The van der Waals surface area contributed by atoms with Gasteiger partial charge in [-0.2, -0.15) is 0 Å². The van der Waals surface area contributed by atoms with Gasteiger partial charge in [-0.25, -0.2) is 9.97 Å². The highest BCUT2D eigenvalue weighted by Crippen LogP contribution is 2.29. The number of benzene rings is 1. The van der Waals surface area contributed by atoms with Crippen molar-refractivity contribution in [1.82, 2.24) is 19.9 Å². The minimum Gasteiger partial charge on any atom is -0.347 e. The Morgan fingerprint density at radius 2 is 2.11 bits per heavy atom. The number of carbonyl (C=O) groups excluding carboxylic acids is 1. The maximum atomic E-state index is 12.5. The predicted octanol–water partition coefficient (Wildman–Crippen LogP) is 3.00. The molecule has 4 rings (SSSR count). The van der Waals surface area contributed by atoms with Crippen LogP contribution in [0.2, 0.25) is 0 Å². The number of aryl methyl sites for hydroxylation is 3. The van der Waals surface area contributed by atoms with E-state index >= 15 is 0 Å². The summed E-state index contributed by atoms with van der Waals surface area (Å²) in [6.45, 7) is 2.27. The van der Waals surface area contributed by atoms with E-state index in [0.717, 1.165) is 17.8 Å². The van der Waals surface area contributed by atoms with Crippen LogP contribution in [0.3, 0.4) is 0 Å². The van der Waals surface area contributed by atoms with Gasteiger partial charge < -0.3 is 5.32 Å². The number of amides is 1. The molecule has 0 saturated carbocycles. The Kier molecular flexibility index (Phi) is 5.03. The Morgan fingerprint density at radius 1 is 1.30 bits per heavy atom. The first kappa shape index (κ1) is 17.9. The van der Waals surface area contributed by atoms with E-state index in [-0.39, 0.29) is 23.9 Å². The van der Waals surface area contributed by atoms with Gasteiger partial charge in [0.05, 0.1) is 29.0 Å². The number of nitrogens with zero attached hydrogens (tertiary/aromatic N) is 3. The molecule has 0 bridgehead atoms. The van der Waals surface area contributed by atoms with E-state index in [9.17, 15) is 9.59 Å². The molecule has 0 spiro atoms. The topological polar surface area (TPSA) is 76.9 Å². The van der Waals surface area contributed by atoms with E-state index in [1.54, 1.807) is 17.4 Å². The molecule has 0 unspecified atom stereocenters. The quantitative estimate of drug-likeness (QED) is 0.736. The lowest BCUT2D eigenvalue weighted by molar-refractivity contribution is -0.121. The van der Waals surface area contributed by atoms with Crippen molar-refractivity contribution in [2.24, 2.45) is 0 Å². The fourth-order valence-electron chi connectivity index (χ4n) is 3.42. The first-order valence-electron chi connectivity index (χ1n) is 9.34. The molecule has 140 valence electrons. The zero-order valence-electron chi connectivity index (χ0n) is 15.3. The zero-order valence-corrected chi connectivity index (χ0v) is 16.1. The molecule has 2 heterocycles. The van der Waals surface area contributed by atoms with Crippen molar-refractivity contribution < 1.29 is 4.79 Å². The normalized spacial score (nSPS) is 14.7. The van der Waals surface area contributed by atoms with Gasteiger partial charge in [0.25, 0.3) is 5.56 Å². The highest BCUT2D eigenvalue weighted by Gasteiger charge is 2.19. The zero-order chi connectivity index (χ0) is 18.8. The van der Waals surface area contributed by atoms with Crippen LogP contribution in [0.25, 0.3) is 10.9 Å². The van der Waals surface area contributed by atoms with Gasteiger partial charge in [0.15, 0.2) is 0 Å². The maximum Gasteiger partial charge on any atom is 0.261 e. The largest absolute Gasteiger partial charge is 0.347 e. The summed E-state index contributed by atoms with van der Waals surface area (Å²) in [6.07, 6.45) is 6.32. The molecular formula is C20H22N4O2S. The first-order valence-corrected chi connectivity index (χ1v) is 10.2. The van der Waals surface area contributed by atoms with Gasteiger partial charge in [-0.05, 0) is 44.7 Å². The highest BCUT2D eigenvalue weighted by molar-refractivity contribution is 7.11. The van der Waals surface area contributed by atoms with Crippen molar-refractivity contribution in [3.05, 3.63) is 56.5 Å². The van der Waals surface area contributed by atoms with Gasteiger partial charge >= 0.3 is 0 Å². The minimum absolute atomic E-state index is 0.0873. The summed E-state index contributed by atoms with van der Waals surface area (Å²) in [6, 6.07) is 7.12. The van der Waals surface area contributed by atoms with Gasteiger partial charge in [0.2, 0.25) is 5.91 Å². The summed E-state index contributed by atoms with van der Waals surface area (Å²) in [4.78, 5) is 35.2. The summed E-state index contributed by atoms with van der Waals surface area (Å²) in [5.41, 5.74) is 1.76. The molecule has 0 fully saturated rings. The lowest BCUT2D eigenvalue weighted by Gasteiger charge is -2.12. The molecule has 7 heteroatoms. The molecule has 3 aromatic rings. The van der Waals surface area contributed by atoms with E-state index in [0.29, 0.717) is 17.4 Å². The van der Waals surface area contributed by atoms with Crippen molar-refractivity contribution in [2.45, 2.75) is 51.6 Å². The van der Waals surface area contributed by atoms with Crippen LogP contribution >= 0.6 is 11.3 Å². The smallest absolute Gasteiger partial charge is 0.261 e. The molecule has 2 aromatic heterocycles. The van der Waals surface area contributed by atoms with Gasteiger partial charge in [0, 0.05) is 17.8 Å². The number of thiazole rings is 1. The van der Waals surface area contributed by atoms with Gasteiger partial charge in [-0.15, -0.1) is 11.3 Å². The van der Waals surface area contributed by atoms with Gasteiger partial charge in [-0.1, -0.05) is 12.1 Å². The Bertz CT molecular complexity index is 1020. The third-order valence-electron chi connectivity index (χ3n) is 4.92. The molecule has 1 atom stereocenters. The standard InChI is InChI=1S/C20H22N4O2S/c1-13(19-23-16-8-4-5-9-17(16)27-19)22-18(25)10-11-24-12-21-15-7-3-2-6-14(15)20(24)26/h2-3,6-7,12-13H,4-5,8-11H2,1H3,(H,22,25)/t13-/m0/s1. The van der Waals surface area contributed by atoms with Crippen LogP contribution in [0.1, 0.15) is 47.8 Å². The van der Waals surface area contributed by atoms with Gasteiger partial charge in [0.1, 0.15) is 5.01 Å². The Morgan fingerprint density at radius 3 is 2.96 bits per heavy atom. The molecule has 27 heavy (non-hydrogen) atoms. The number of nitrogens with one attached hydrogen (secondary N) is 1. The second-order valence-electron chi connectivity index (χ2n) is 6.93. The molecule has 1 amide bonds. The Balaban J connectivity index is 1.39. The van der Waals surface area contributed by atoms with E-state index in [1.165, 1.54) is 34.3 Å². The summed E-state index contributed by atoms with van der Waals surface area (Å²) in [7, 11) is 0. The molecule has 0 aliphatic heterocycles. The molecule has 0 radical (unpaired) electrons. The molecule has 6 nitrogen and oxygen atoms in total. The molecule has 0 saturated heterocycles. The SMILES string of the molecule is C[C@H](NC(=O)CCn1cnc2ccccc2c1=O)c1nc2c(s1)CCCC2. The fourth-order valence-corrected chi connectivity index (χ4v) is 4.58. The highest BCUT2D eigenvalue weighted by atomic mass is 32.1. The number of hydrogen-bond acceptors (Lipinski definition) is 5. The van der Waals surface area contributed by atoms with Crippen LogP contribution in [0, 0.1) is 0 Å². The van der Waals surface area contributed by atoms with Crippen LogP contribution in [0.5, 0.6) is 0 Å². The second-order valence-corrected chi connectivity index (χ2v) is 8.04. The molecule has 1 N–H and O–H groups in total. The fraction of sp³-hybridized carbons (Fsp3) is 0.400. The van der Waals surface area contributed by atoms with Crippen molar-refractivity contribution in [3.8, 4) is 0 Å². The predicted molar refractivity (Wildman–Crippen MR) is 106 cm³/mol. The van der Waals surface area contributed by atoms with Crippen LogP contribution in [0.4, 0.5) is 0 Å². The summed E-state index contributed by atoms with van der Waals surface area (Å²) in [5.74, 6) is -0.0873. The molecule has 1 aliphatic rings. The molecule has 1 aromatic carbocycles. The second kappa shape index (κ2) is 7.60. The summed E-state index contributed by atoms with van der Waals surface area (Å²) in [5, 5.41) is 4.55. The number of fused-ring (bicyclic) bond motifs is 2. The van der Waals surface area contributed by atoms with Crippen LogP contribution < -0.4 is 10.9 Å². The number of hydrogen-bond donors (Lipinski definition) is 1. The number of aromatic nitrogens is 3. The monoisotopic (exact) mass is 382 g/mol. The number of para-hydroxylation sites is 1. The average Bonchev–Trinajstić information content (AvgIpc) is 3.12. The summed E-state index contributed by atoms with van der Waals surface area (Å²) >= 11 is 1.71. The van der Waals surface area contributed by atoms with E-state index in [4.69, 9.17) is 4.98 Å². The molecule has 1 aliphatic carbocycles. The lowest BCUT2D eigenvalue weighted by Crippen LogP contribution is -2.29. The van der Waals surface area contributed by atoms with Crippen molar-refractivity contribution in [2.75, 3.05) is 0 Å². The Labute approximate surface area is 161 Å². The lowest BCUT2D eigenvalue weighted by atomic mass is 10.0. The van der Waals surface area contributed by atoms with E-state index in [2.05, 4.69) is 10.3 Å². The van der Waals surface area contributed by atoms with Crippen molar-refractivity contribution in [1.29, 1.82) is 0 Å². The molecular weight excluding hydrogens is 360 g/mol. The summed E-state index contributed by atoms with van der Waals surface area (Å²) < 4.78 is 1.49. The van der Waals surface area contributed by atoms with E-state index < -0.39 is 0 Å². The minimum atomic E-state index is -0.117. The third kappa shape index (κ3) is 3.78. The van der Waals surface area contributed by atoms with Gasteiger partial charge in [-0.3, -0.25) is 14.2 Å².